The third-order valence-corrected chi connectivity index (χ3v) is 10.5. The molecular formula is C50H35NO. The Morgan fingerprint density at radius 1 is 0.423 bits per heavy atom. The fraction of sp³-hybridized carbons (Fsp3) is 0.0400. The smallest absolute Gasteiger partial charge is 0.143 e. The van der Waals surface area contributed by atoms with Gasteiger partial charge in [-0.05, 0) is 105 Å². The molecule has 0 radical (unpaired) electrons. The van der Waals surface area contributed by atoms with Crippen molar-refractivity contribution in [1.29, 1.82) is 0 Å². The number of allylic oxidation sites excluding steroid dienone is 4. The lowest BCUT2D eigenvalue weighted by Crippen LogP contribution is -2.09. The number of benzene rings is 8. The first-order valence-electron chi connectivity index (χ1n) is 18.1. The predicted molar refractivity (Wildman–Crippen MR) is 221 cm³/mol. The number of nitrogens with zero attached hydrogens (tertiary/aromatic N) is 1. The highest BCUT2D eigenvalue weighted by Gasteiger charge is 2.19. The van der Waals surface area contributed by atoms with Gasteiger partial charge in [0.2, 0.25) is 0 Å². The molecule has 0 atom stereocenters. The van der Waals surface area contributed by atoms with Crippen LogP contribution in [0.1, 0.15) is 18.4 Å². The van der Waals surface area contributed by atoms with E-state index >= 15 is 0 Å². The molecule has 0 saturated carbocycles. The van der Waals surface area contributed by atoms with E-state index in [-0.39, 0.29) is 0 Å². The van der Waals surface area contributed by atoms with Crippen molar-refractivity contribution in [1.82, 2.24) is 0 Å². The fourth-order valence-corrected chi connectivity index (χ4v) is 7.92. The van der Waals surface area contributed by atoms with Crippen LogP contribution in [-0.4, -0.2) is 0 Å². The van der Waals surface area contributed by atoms with Crippen molar-refractivity contribution in [2.45, 2.75) is 12.8 Å². The number of rotatable bonds is 6. The van der Waals surface area contributed by atoms with Gasteiger partial charge in [0, 0.05) is 38.8 Å². The molecule has 0 fully saturated rings. The van der Waals surface area contributed by atoms with Crippen molar-refractivity contribution in [3.63, 3.8) is 0 Å². The molecule has 8 aromatic carbocycles. The lowest BCUT2D eigenvalue weighted by Gasteiger charge is -2.26. The average Bonchev–Trinajstić information content (AvgIpc) is 3.61. The zero-order chi connectivity index (χ0) is 34.4. The lowest BCUT2D eigenvalue weighted by molar-refractivity contribution is 0.671. The van der Waals surface area contributed by atoms with Gasteiger partial charge in [-0.25, -0.2) is 0 Å². The van der Waals surface area contributed by atoms with Crippen LogP contribution in [0.25, 0.3) is 71.3 Å². The summed E-state index contributed by atoms with van der Waals surface area (Å²) in [4.78, 5) is 2.33. The van der Waals surface area contributed by atoms with E-state index in [1.54, 1.807) is 0 Å². The van der Waals surface area contributed by atoms with E-state index in [2.05, 4.69) is 193 Å². The van der Waals surface area contributed by atoms with Crippen molar-refractivity contribution in [3.05, 3.63) is 194 Å². The van der Waals surface area contributed by atoms with Crippen LogP contribution in [0.2, 0.25) is 0 Å². The Bertz CT molecular complexity index is 2820. The van der Waals surface area contributed by atoms with Crippen LogP contribution in [0.4, 0.5) is 17.1 Å². The van der Waals surface area contributed by atoms with Crippen molar-refractivity contribution in [3.8, 4) is 22.3 Å². The summed E-state index contributed by atoms with van der Waals surface area (Å²) in [6, 6.07) is 61.3. The van der Waals surface area contributed by atoms with Crippen molar-refractivity contribution < 1.29 is 4.42 Å². The Morgan fingerprint density at radius 2 is 1.06 bits per heavy atom. The summed E-state index contributed by atoms with van der Waals surface area (Å²) in [5.41, 5.74) is 12.6. The van der Waals surface area contributed by atoms with E-state index in [4.69, 9.17) is 4.42 Å². The lowest BCUT2D eigenvalue weighted by atomic mass is 9.93. The highest BCUT2D eigenvalue weighted by atomic mass is 16.3. The SMILES string of the molecule is C1=CCCC(c2cccc3c2oc2c4ccccc4c(-c4ccc(N(c5ccccc5)c5ccc(-c6ccc7ccccc7c6)cc5)cc4)cc32)=C1. The molecule has 2 heteroatoms. The third kappa shape index (κ3) is 5.20. The van der Waals surface area contributed by atoms with Crippen LogP contribution in [0.15, 0.2) is 193 Å². The third-order valence-electron chi connectivity index (χ3n) is 10.5. The molecular weight excluding hydrogens is 631 g/mol. The van der Waals surface area contributed by atoms with Crippen molar-refractivity contribution >= 4 is 66.1 Å². The summed E-state index contributed by atoms with van der Waals surface area (Å²) in [7, 11) is 0. The van der Waals surface area contributed by atoms with Gasteiger partial charge in [-0.3, -0.25) is 0 Å². The first kappa shape index (κ1) is 30.2. The van der Waals surface area contributed by atoms with E-state index in [1.165, 1.54) is 49.5 Å². The second-order valence-electron chi connectivity index (χ2n) is 13.6. The molecule has 1 heterocycles. The van der Waals surface area contributed by atoms with Gasteiger partial charge in [-0.15, -0.1) is 0 Å². The topological polar surface area (TPSA) is 16.4 Å². The Morgan fingerprint density at radius 3 is 1.83 bits per heavy atom. The first-order chi connectivity index (χ1) is 25.8. The highest BCUT2D eigenvalue weighted by molar-refractivity contribution is 6.20. The van der Waals surface area contributed by atoms with E-state index < -0.39 is 0 Å². The van der Waals surface area contributed by atoms with Gasteiger partial charge in [-0.2, -0.15) is 0 Å². The Labute approximate surface area is 303 Å². The summed E-state index contributed by atoms with van der Waals surface area (Å²) >= 11 is 0. The summed E-state index contributed by atoms with van der Waals surface area (Å²) in [6.45, 7) is 0. The number of furan rings is 1. The van der Waals surface area contributed by atoms with E-state index in [1.807, 2.05) is 0 Å². The van der Waals surface area contributed by atoms with Gasteiger partial charge >= 0.3 is 0 Å². The van der Waals surface area contributed by atoms with E-state index in [0.29, 0.717) is 0 Å². The molecule has 246 valence electrons. The molecule has 10 rings (SSSR count). The maximum absolute atomic E-state index is 6.77. The minimum absolute atomic E-state index is 0.952. The van der Waals surface area contributed by atoms with Crippen LogP contribution >= 0.6 is 0 Å². The Kier molecular flexibility index (Phi) is 7.32. The van der Waals surface area contributed by atoms with Crippen LogP contribution < -0.4 is 4.90 Å². The summed E-state index contributed by atoms with van der Waals surface area (Å²) < 4.78 is 6.77. The van der Waals surface area contributed by atoms with Gasteiger partial charge < -0.3 is 9.32 Å². The maximum atomic E-state index is 6.77. The summed E-state index contributed by atoms with van der Waals surface area (Å²) in [5.74, 6) is 0. The molecule has 0 saturated heterocycles. The number of hydrogen-bond acceptors (Lipinski definition) is 2. The second kappa shape index (κ2) is 12.6. The molecule has 0 N–H and O–H groups in total. The van der Waals surface area contributed by atoms with Gasteiger partial charge in [0.05, 0.1) is 0 Å². The molecule has 0 aliphatic heterocycles. The molecule has 2 nitrogen and oxygen atoms in total. The molecule has 1 aliphatic carbocycles. The first-order valence-corrected chi connectivity index (χ1v) is 18.1. The Balaban J connectivity index is 1.06. The number of anilines is 3. The number of fused-ring (bicyclic) bond motifs is 6. The largest absolute Gasteiger partial charge is 0.455 e. The molecule has 0 spiro atoms. The van der Waals surface area contributed by atoms with Gasteiger partial charge in [-0.1, -0.05) is 140 Å². The van der Waals surface area contributed by atoms with Crippen LogP contribution in [0.3, 0.4) is 0 Å². The van der Waals surface area contributed by atoms with Gasteiger partial charge in [0.15, 0.2) is 0 Å². The van der Waals surface area contributed by atoms with Gasteiger partial charge in [0.25, 0.3) is 0 Å². The normalized spacial score (nSPS) is 12.9. The number of para-hydroxylation sites is 2. The molecule has 0 amide bonds. The number of hydrogen-bond donors (Lipinski definition) is 0. The molecule has 0 unspecified atom stereocenters. The molecule has 1 aliphatic rings. The summed E-state index contributed by atoms with van der Waals surface area (Å²) in [5, 5.41) is 7.14. The van der Waals surface area contributed by atoms with E-state index in [0.717, 1.165) is 57.2 Å². The zero-order valence-corrected chi connectivity index (χ0v) is 28.7. The predicted octanol–water partition coefficient (Wildman–Crippen LogP) is 14.4. The minimum Gasteiger partial charge on any atom is -0.455 e. The zero-order valence-electron chi connectivity index (χ0n) is 28.7. The molecule has 0 bridgehead atoms. The summed E-state index contributed by atoms with van der Waals surface area (Å²) in [6.07, 6.45) is 8.71. The average molecular weight is 666 g/mol. The molecule has 1 aromatic heterocycles. The minimum atomic E-state index is 0.952. The maximum Gasteiger partial charge on any atom is 0.143 e. The van der Waals surface area contributed by atoms with Crippen LogP contribution in [0, 0.1) is 0 Å². The van der Waals surface area contributed by atoms with Crippen LogP contribution in [-0.2, 0) is 0 Å². The standard InChI is InChI=1S/C50H35NO/c1-3-13-36(14-4-1)43-20-11-21-46-48-33-47(44-18-9-10-19-45(44)50(48)52-49(43)46)37-26-30-42(31-27-37)51(40-16-5-2-6-17-40)41-28-24-35(25-29-41)39-23-22-34-12-7-8-15-38(34)32-39/h1-3,5-13,15-33H,4,14H2. The monoisotopic (exact) mass is 665 g/mol. The Hall–Kier alpha value is -6.64. The highest BCUT2D eigenvalue weighted by Crippen LogP contribution is 2.43. The fourth-order valence-electron chi connectivity index (χ4n) is 7.92. The van der Waals surface area contributed by atoms with Gasteiger partial charge in [0.1, 0.15) is 11.2 Å². The quantitative estimate of drug-likeness (QED) is 0.176. The van der Waals surface area contributed by atoms with Crippen LogP contribution in [0.5, 0.6) is 0 Å². The second-order valence-corrected chi connectivity index (χ2v) is 13.6. The molecule has 52 heavy (non-hydrogen) atoms. The van der Waals surface area contributed by atoms with E-state index in [9.17, 15) is 0 Å². The van der Waals surface area contributed by atoms with Crippen molar-refractivity contribution in [2.75, 3.05) is 4.90 Å². The van der Waals surface area contributed by atoms with Crippen molar-refractivity contribution in [2.24, 2.45) is 0 Å². The molecule has 9 aromatic rings.